The first kappa shape index (κ1) is 13.8. The summed E-state index contributed by atoms with van der Waals surface area (Å²) in [5, 5.41) is 0. The van der Waals surface area contributed by atoms with Gasteiger partial charge in [-0.05, 0) is 49.9 Å². The van der Waals surface area contributed by atoms with E-state index in [1.165, 1.54) is 0 Å². The molecular weight excluding hydrogens is 238 g/mol. The van der Waals surface area contributed by atoms with Gasteiger partial charge in [-0.15, -0.1) is 0 Å². The second-order valence-electron chi connectivity index (χ2n) is 5.35. The van der Waals surface area contributed by atoms with E-state index in [4.69, 9.17) is 0 Å². The van der Waals surface area contributed by atoms with Crippen LogP contribution in [0.3, 0.4) is 0 Å². The van der Waals surface area contributed by atoms with Crippen molar-refractivity contribution in [3.63, 3.8) is 0 Å². The largest absolute Gasteiger partial charge is 0.312 e. The van der Waals surface area contributed by atoms with E-state index in [9.17, 15) is 9.59 Å². The Hall–Kier alpha value is -1.64. The molecule has 1 fully saturated rings. The minimum atomic E-state index is -0.431. The highest BCUT2D eigenvalue weighted by molar-refractivity contribution is 6.08. The summed E-state index contributed by atoms with van der Waals surface area (Å²) >= 11 is 0. The number of anilines is 1. The molecule has 1 aliphatic rings. The Bertz CT molecular complexity index is 487. The molecule has 1 atom stereocenters. The number of hydrogen-bond acceptors (Lipinski definition) is 2. The molecule has 102 valence electrons. The fraction of sp³-hybridized carbons (Fsp3) is 0.500. The highest BCUT2D eigenvalue weighted by atomic mass is 16.2. The smallest absolute Gasteiger partial charge is 0.237 e. The Morgan fingerprint density at radius 3 is 2.47 bits per heavy atom. The zero-order valence-electron chi connectivity index (χ0n) is 11.9. The number of carbonyl (C=O) groups excluding carboxylic acids is 2. The van der Waals surface area contributed by atoms with Gasteiger partial charge < -0.3 is 4.90 Å². The zero-order valence-corrected chi connectivity index (χ0v) is 11.9. The topological polar surface area (TPSA) is 37.4 Å². The van der Waals surface area contributed by atoms with Gasteiger partial charge >= 0.3 is 0 Å². The fourth-order valence-electron chi connectivity index (χ4n) is 2.78. The second-order valence-corrected chi connectivity index (χ2v) is 5.35. The highest BCUT2D eigenvalue weighted by Gasteiger charge is 2.33. The van der Waals surface area contributed by atoms with Gasteiger partial charge in [-0.25, -0.2) is 0 Å². The number of Topliss-reactive ketones (excluding diaryl/α,β-unsaturated/α-hetero) is 1. The van der Waals surface area contributed by atoms with Crippen molar-refractivity contribution in [3.8, 4) is 0 Å². The van der Waals surface area contributed by atoms with Crippen molar-refractivity contribution in [2.45, 2.75) is 40.0 Å². The summed E-state index contributed by atoms with van der Waals surface area (Å²) in [6.07, 6.45) is 2.04. The van der Waals surface area contributed by atoms with Crippen LogP contribution in [0.1, 0.15) is 37.3 Å². The van der Waals surface area contributed by atoms with Crippen LogP contribution in [-0.4, -0.2) is 18.2 Å². The number of aryl methyl sites for hydroxylation is 2. The number of ketones is 1. The molecule has 1 amide bonds. The van der Waals surface area contributed by atoms with Gasteiger partial charge in [-0.1, -0.05) is 13.0 Å². The Morgan fingerprint density at radius 2 is 1.89 bits per heavy atom. The Labute approximate surface area is 114 Å². The molecule has 3 heteroatoms. The summed E-state index contributed by atoms with van der Waals surface area (Å²) in [4.78, 5) is 26.1. The van der Waals surface area contributed by atoms with Gasteiger partial charge in [-0.2, -0.15) is 0 Å². The van der Waals surface area contributed by atoms with E-state index in [0.717, 1.165) is 29.8 Å². The molecule has 0 N–H and O–H groups in total. The third kappa shape index (κ3) is 2.86. The van der Waals surface area contributed by atoms with Crippen LogP contribution in [0.25, 0.3) is 0 Å². The van der Waals surface area contributed by atoms with Crippen LogP contribution in [0.4, 0.5) is 5.69 Å². The highest BCUT2D eigenvalue weighted by Crippen LogP contribution is 2.27. The average Bonchev–Trinajstić information content (AvgIpc) is 2.37. The lowest BCUT2D eigenvalue weighted by Gasteiger charge is -2.32. The summed E-state index contributed by atoms with van der Waals surface area (Å²) < 4.78 is 0. The predicted molar refractivity (Wildman–Crippen MR) is 76.3 cm³/mol. The first-order chi connectivity index (χ1) is 9.02. The zero-order chi connectivity index (χ0) is 14.0. The minimum Gasteiger partial charge on any atom is -0.312 e. The maximum absolute atomic E-state index is 12.5. The summed E-state index contributed by atoms with van der Waals surface area (Å²) in [7, 11) is 0. The van der Waals surface area contributed by atoms with E-state index >= 15 is 0 Å². The molecule has 1 unspecified atom stereocenters. The molecule has 19 heavy (non-hydrogen) atoms. The molecule has 1 aliphatic heterocycles. The molecule has 1 saturated heterocycles. The monoisotopic (exact) mass is 259 g/mol. The SMILES string of the molecule is CCC(=O)C1CCCN(c2cc(C)cc(C)c2)C1=O. The number of carbonyl (C=O) groups is 2. The predicted octanol–water partition coefficient (Wildman–Crippen LogP) is 3.03. The quantitative estimate of drug-likeness (QED) is 0.782. The van der Waals surface area contributed by atoms with Gasteiger partial charge in [0, 0.05) is 18.7 Å². The van der Waals surface area contributed by atoms with Crippen molar-refractivity contribution in [3.05, 3.63) is 29.3 Å². The Morgan fingerprint density at radius 1 is 1.26 bits per heavy atom. The molecule has 0 radical (unpaired) electrons. The summed E-state index contributed by atoms with van der Waals surface area (Å²) in [5.41, 5.74) is 3.22. The van der Waals surface area contributed by atoms with Gasteiger partial charge in [0.05, 0.1) is 5.92 Å². The molecule has 0 saturated carbocycles. The van der Waals surface area contributed by atoms with Crippen molar-refractivity contribution in [2.24, 2.45) is 5.92 Å². The molecule has 0 aliphatic carbocycles. The molecule has 1 aromatic carbocycles. The molecule has 3 nitrogen and oxygen atoms in total. The van der Waals surface area contributed by atoms with E-state index in [0.29, 0.717) is 12.8 Å². The van der Waals surface area contributed by atoms with Crippen LogP contribution in [0.5, 0.6) is 0 Å². The van der Waals surface area contributed by atoms with Crippen molar-refractivity contribution in [1.29, 1.82) is 0 Å². The minimum absolute atomic E-state index is 0.0249. The first-order valence-electron chi connectivity index (χ1n) is 6.95. The summed E-state index contributed by atoms with van der Waals surface area (Å²) in [5.74, 6) is -0.387. The second kappa shape index (κ2) is 5.55. The van der Waals surface area contributed by atoms with Gasteiger partial charge in [0.25, 0.3) is 0 Å². The van der Waals surface area contributed by atoms with E-state index in [1.807, 2.05) is 32.9 Å². The van der Waals surface area contributed by atoms with E-state index in [2.05, 4.69) is 6.07 Å². The molecule has 0 aromatic heterocycles. The van der Waals surface area contributed by atoms with Gasteiger partial charge in [0.15, 0.2) is 0 Å². The molecule has 2 rings (SSSR count). The Balaban J connectivity index is 2.29. The fourth-order valence-corrected chi connectivity index (χ4v) is 2.78. The lowest BCUT2D eigenvalue weighted by molar-refractivity contribution is -0.133. The van der Waals surface area contributed by atoms with Gasteiger partial charge in [0.2, 0.25) is 5.91 Å². The molecule has 1 heterocycles. The number of nitrogens with zero attached hydrogens (tertiary/aromatic N) is 1. The maximum Gasteiger partial charge on any atom is 0.237 e. The molecule has 0 bridgehead atoms. The van der Waals surface area contributed by atoms with Crippen LogP contribution in [0.15, 0.2) is 18.2 Å². The van der Waals surface area contributed by atoms with Gasteiger partial charge in [0.1, 0.15) is 5.78 Å². The number of benzene rings is 1. The molecule has 0 spiro atoms. The first-order valence-corrected chi connectivity index (χ1v) is 6.95. The van der Waals surface area contributed by atoms with Crippen LogP contribution in [-0.2, 0) is 9.59 Å². The molecule has 1 aromatic rings. The lowest BCUT2D eigenvalue weighted by Crippen LogP contribution is -2.44. The lowest BCUT2D eigenvalue weighted by atomic mass is 9.91. The number of hydrogen-bond donors (Lipinski definition) is 0. The van der Waals surface area contributed by atoms with E-state index in [-0.39, 0.29) is 11.7 Å². The summed E-state index contributed by atoms with van der Waals surface area (Å²) in [6.45, 7) is 6.60. The van der Waals surface area contributed by atoms with E-state index in [1.54, 1.807) is 4.90 Å². The normalized spacial score (nSPS) is 19.6. The number of rotatable bonds is 3. The Kier molecular flexibility index (Phi) is 4.03. The summed E-state index contributed by atoms with van der Waals surface area (Å²) in [6, 6.07) is 6.13. The van der Waals surface area contributed by atoms with Crippen molar-refractivity contribution in [2.75, 3.05) is 11.4 Å². The van der Waals surface area contributed by atoms with Crippen molar-refractivity contribution >= 4 is 17.4 Å². The number of piperidine rings is 1. The van der Waals surface area contributed by atoms with E-state index < -0.39 is 5.92 Å². The third-order valence-electron chi connectivity index (χ3n) is 3.69. The van der Waals surface area contributed by atoms with Crippen molar-refractivity contribution in [1.82, 2.24) is 0 Å². The number of amides is 1. The van der Waals surface area contributed by atoms with Crippen LogP contribution >= 0.6 is 0 Å². The standard InChI is InChI=1S/C16H21NO2/c1-4-15(18)14-6-5-7-17(16(14)19)13-9-11(2)8-12(3)10-13/h8-10,14H,4-7H2,1-3H3. The average molecular weight is 259 g/mol. The van der Waals surface area contributed by atoms with Crippen LogP contribution < -0.4 is 4.90 Å². The van der Waals surface area contributed by atoms with Gasteiger partial charge in [-0.3, -0.25) is 9.59 Å². The van der Waals surface area contributed by atoms with Crippen LogP contribution in [0.2, 0.25) is 0 Å². The van der Waals surface area contributed by atoms with Crippen LogP contribution in [0, 0.1) is 19.8 Å². The molecular formula is C16H21NO2. The maximum atomic E-state index is 12.5. The van der Waals surface area contributed by atoms with Crippen molar-refractivity contribution < 1.29 is 9.59 Å². The third-order valence-corrected chi connectivity index (χ3v) is 3.69.